The second kappa shape index (κ2) is 6.73. The lowest BCUT2D eigenvalue weighted by atomic mass is 9.96. The van der Waals surface area contributed by atoms with E-state index in [0.717, 1.165) is 17.8 Å². The Bertz CT molecular complexity index is 1100. The number of fused-ring (bicyclic) bond motifs is 1. The Morgan fingerprint density at radius 1 is 0.667 bits per heavy atom. The lowest BCUT2D eigenvalue weighted by Gasteiger charge is -2.24. The molecular weight excluding hydrogens is 328 g/mol. The molecule has 4 aromatic carbocycles. The van der Waals surface area contributed by atoms with Crippen LogP contribution in [0, 0.1) is 0 Å². The van der Waals surface area contributed by atoms with Crippen molar-refractivity contribution in [3.63, 3.8) is 0 Å². The molecular formula is C25H20N2. The molecule has 0 aromatic heterocycles. The van der Waals surface area contributed by atoms with E-state index in [2.05, 4.69) is 102 Å². The van der Waals surface area contributed by atoms with Gasteiger partial charge in [0.15, 0.2) is 0 Å². The van der Waals surface area contributed by atoms with E-state index in [4.69, 9.17) is 5.10 Å². The topological polar surface area (TPSA) is 15.6 Å². The van der Waals surface area contributed by atoms with Gasteiger partial charge in [-0.15, -0.1) is 0 Å². The van der Waals surface area contributed by atoms with E-state index in [-0.39, 0.29) is 6.04 Å². The van der Waals surface area contributed by atoms with E-state index in [9.17, 15) is 0 Å². The fourth-order valence-corrected chi connectivity index (χ4v) is 3.81. The molecule has 1 aliphatic heterocycles. The average Bonchev–Trinajstić information content (AvgIpc) is 3.20. The zero-order valence-corrected chi connectivity index (χ0v) is 15.0. The number of anilines is 1. The summed E-state index contributed by atoms with van der Waals surface area (Å²) in [5.41, 5.74) is 4.76. The predicted octanol–water partition coefficient (Wildman–Crippen LogP) is 6.20. The van der Waals surface area contributed by atoms with Crippen LogP contribution in [0.2, 0.25) is 0 Å². The summed E-state index contributed by atoms with van der Waals surface area (Å²) in [6, 6.07) is 36.4. The highest BCUT2D eigenvalue weighted by Crippen LogP contribution is 2.37. The molecule has 1 atom stereocenters. The first kappa shape index (κ1) is 15.8. The van der Waals surface area contributed by atoms with Crippen molar-refractivity contribution in [1.29, 1.82) is 0 Å². The normalized spacial score (nSPS) is 16.5. The molecule has 0 radical (unpaired) electrons. The Balaban J connectivity index is 1.59. The molecule has 0 amide bonds. The second-order valence-corrected chi connectivity index (χ2v) is 6.92. The quantitative estimate of drug-likeness (QED) is 0.431. The van der Waals surface area contributed by atoms with Gasteiger partial charge in [-0.2, -0.15) is 5.10 Å². The number of hydrogen-bond acceptors (Lipinski definition) is 2. The summed E-state index contributed by atoms with van der Waals surface area (Å²) < 4.78 is 0. The third-order valence-electron chi connectivity index (χ3n) is 5.20. The number of benzene rings is 4. The third kappa shape index (κ3) is 3.00. The molecule has 130 valence electrons. The van der Waals surface area contributed by atoms with E-state index < -0.39 is 0 Å². The Labute approximate surface area is 159 Å². The van der Waals surface area contributed by atoms with E-state index in [1.54, 1.807) is 0 Å². The molecule has 0 N–H and O–H groups in total. The molecule has 5 rings (SSSR count). The van der Waals surface area contributed by atoms with Gasteiger partial charge in [0.25, 0.3) is 0 Å². The SMILES string of the molecule is c1ccc(C2=NN(c3ccccc3)[C@H](c3ccc4ccccc4c3)C2)cc1. The molecule has 0 fully saturated rings. The van der Waals surface area contributed by atoms with Gasteiger partial charge in [-0.1, -0.05) is 84.9 Å². The molecule has 0 saturated heterocycles. The highest BCUT2D eigenvalue weighted by molar-refractivity contribution is 6.03. The molecule has 0 saturated carbocycles. The van der Waals surface area contributed by atoms with Crippen LogP contribution < -0.4 is 5.01 Å². The van der Waals surface area contributed by atoms with Gasteiger partial charge >= 0.3 is 0 Å². The van der Waals surface area contributed by atoms with Gasteiger partial charge in [0.2, 0.25) is 0 Å². The summed E-state index contributed by atoms with van der Waals surface area (Å²) in [5, 5.41) is 9.74. The molecule has 27 heavy (non-hydrogen) atoms. The van der Waals surface area contributed by atoms with Gasteiger partial charge in [0.1, 0.15) is 0 Å². The molecule has 1 aliphatic rings. The van der Waals surface area contributed by atoms with Crippen LogP contribution in [0.5, 0.6) is 0 Å². The summed E-state index contributed by atoms with van der Waals surface area (Å²) in [7, 11) is 0. The highest BCUT2D eigenvalue weighted by Gasteiger charge is 2.29. The van der Waals surface area contributed by atoms with Crippen molar-refractivity contribution in [1.82, 2.24) is 0 Å². The molecule has 0 aliphatic carbocycles. The highest BCUT2D eigenvalue weighted by atomic mass is 15.5. The van der Waals surface area contributed by atoms with E-state index in [1.165, 1.54) is 21.9 Å². The summed E-state index contributed by atoms with van der Waals surface area (Å²) >= 11 is 0. The Morgan fingerprint density at radius 3 is 2.11 bits per heavy atom. The van der Waals surface area contributed by atoms with Crippen LogP contribution in [-0.2, 0) is 0 Å². The Morgan fingerprint density at radius 2 is 1.33 bits per heavy atom. The molecule has 0 unspecified atom stereocenters. The van der Waals surface area contributed by atoms with Crippen molar-refractivity contribution in [2.45, 2.75) is 12.5 Å². The van der Waals surface area contributed by atoms with Crippen LogP contribution in [0.4, 0.5) is 5.69 Å². The number of rotatable bonds is 3. The van der Waals surface area contributed by atoms with Gasteiger partial charge in [0.05, 0.1) is 17.4 Å². The van der Waals surface area contributed by atoms with E-state index in [0.29, 0.717) is 0 Å². The Kier molecular flexibility index (Phi) is 3.95. The molecule has 0 spiro atoms. The minimum atomic E-state index is 0.201. The maximum absolute atomic E-state index is 5.02. The molecule has 2 heteroatoms. The van der Waals surface area contributed by atoms with Crippen molar-refractivity contribution in [2.75, 3.05) is 5.01 Å². The number of hydrazone groups is 1. The summed E-state index contributed by atoms with van der Waals surface area (Å²) in [4.78, 5) is 0. The first-order chi connectivity index (χ1) is 13.4. The van der Waals surface area contributed by atoms with Crippen molar-refractivity contribution in [2.24, 2.45) is 5.10 Å². The minimum absolute atomic E-state index is 0.201. The molecule has 2 nitrogen and oxygen atoms in total. The second-order valence-electron chi connectivity index (χ2n) is 6.92. The maximum Gasteiger partial charge on any atom is 0.0832 e. The van der Waals surface area contributed by atoms with Gasteiger partial charge in [-0.05, 0) is 40.1 Å². The fourth-order valence-electron chi connectivity index (χ4n) is 3.81. The fraction of sp³-hybridized carbons (Fsp3) is 0.0800. The Hall–Kier alpha value is -3.39. The first-order valence-corrected chi connectivity index (χ1v) is 9.34. The zero-order chi connectivity index (χ0) is 18.1. The zero-order valence-electron chi connectivity index (χ0n) is 15.0. The summed E-state index contributed by atoms with van der Waals surface area (Å²) in [6.45, 7) is 0. The molecule has 0 bridgehead atoms. The van der Waals surface area contributed by atoms with Crippen molar-refractivity contribution in [3.8, 4) is 0 Å². The summed E-state index contributed by atoms with van der Waals surface area (Å²) in [6.07, 6.45) is 0.900. The monoisotopic (exact) mass is 348 g/mol. The van der Waals surface area contributed by atoms with Gasteiger partial charge in [0, 0.05) is 6.42 Å². The van der Waals surface area contributed by atoms with Crippen LogP contribution >= 0.6 is 0 Å². The van der Waals surface area contributed by atoms with Gasteiger partial charge < -0.3 is 0 Å². The van der Waals surface area contributed by atoms with Crippen LogP contribution in [-0.4, -0.2) is 5.71 Å². The number of hydrogen-bond donors (Lipinski definition) is 0. The van der Waals surface area contributed by atoms with Crippen molar-refractivity contribution < 1.29 is 0 Å². The number of para-hydroxylation sites is 1. The van der Waals surface area contributed by atoms with E-state index in [1.807, 2.05) is 6.07 Å². The minimum Gasteiger partial charge on any atom is -0.257 e. The van der Waals surface area contributed by atoms with Crippen LogP contribution in [0.15, 0.2) is 108 Å². The van der Waals surface area contributed by atoms with Crippen LogP contribution in [0.25, 0.3) is 10.8 Å². The largest absolute Gasteiger partial charge is 0.257 e. The van der Waals surface area contributed by atoms with Gasteiger partial charge in [-0.3, -0.25) is 5.01 Å². The van der Waals surface area contributed by atoms with Gasteiger partial charge in [-0.25, -0.2) is 0 Å². The molecule has 1 heterocycles. The van der Waals surface area contributed by atoms with Crippen LogP contribution in [0.3, 0.4) is 0 Å². The third-order valence-corrected chi connectivity index (χ3v) is 5.20. The summed E-state index contributed by atoms with van der Waals surface area (Å²) in [5.74, 6) is 0. The molecule has 4 aromatic rings. The first-order valence-electron chi connectivity index (χ1n) is 9.34. The van der Waals surface area contributed by atoms with E-state index >= 15 is 0 Å². The van der Waals surface area contributed by atoms with Crippen LogP contribution in [0.1, 0.15) is 23.6 Å². The number of nitrogens with zero attached hydrogens (tertiary/aromatic N) is 2. The maximum atomic E-state index is 5.02. The lowest BCUT2D eigenvalue weighted by molar-refractivity contribution is 0.710. The smallest absolute Gasteiger partial charge is 0.0832 e. The lowest BCUT2D eigenvalue weighted by Crippen LogP contribution is -2.18. The standard InChI is InChI=1S/C25H20N2/c1-3-10-20(11-4-1)24-18-25(27(26-24)23-13-5-2-6-14-23)22-16-15-19-9-7-8-12-21(19)17-22/h1-17,25H,18H2/t25-/m0/s1. The van der Waals surface area contributed by atoms with Crippen molar-refractivity contribution >= 4 is 22.2 Å². The predicted molar refractivity (Wildman–Crippen MR) is 113 cm³/mol. The van der Waals surface area contributed by atoms with Crippen molar-refractivity contribution in [3.05, 3.63) is 114 Å². The average molecular weight is 348 g/mol.